The smallest absolute Gasteiger partial charge is 0.433 e. The third-order valence-electron chi connectivity index (χ3n) is 2.82. The molecule has 0 radical (unpaired) electrons. The molecular weight excluding hydrogens is 283 g/mol. The number of alkyl halides is 3. The molecule has 1 rings (SSSR count). The summed E-state index contributed by atoms with van der Waals surface area (Å²) in [4.78, 5) is 7.45. The molecule has 1 aromatic heterocycles. The first-order valence-electron chi connectivity index (χ1n) is 7.19. The fourth-order valence-corrected chi connectivity index (χ4v) is 1.76. The molecule has 4 nitrogen and oxygen atoms in total. The van der Waals surface area contributed by atoms with Crippen LogP contribution in [-0.2, 0) is 6.18 Å². The summed E-state index contributed by atoms with van der Waals surface area (Å²) in [5.74, 6) is 0.176. The molecule has 21 heavy (non-hydrogen) atoms. The standard InChI is InChI=1S/C14H22F3N3O/c1-4-6-10(3)9-21-12-8-11(14(15,16)17)19-13(20-12)18-7-5-2/h8,10H,4-7,9H2,1-3H3,(H,18,19,20). The topological polar surface area (TPSA) is 47.0 Å². The van der Waals surface area contributed by atoms with Crippen molar-refractivity contribution in [3.8, 4) is 5.88 Å². The van der Waals surface area contributed by atoms with Gasteiger partial charge in [0.1, 0.15) is 0 Å². The SMILES string of the molecule is CCCNc1nc(OCC(C)CCC)cc(C(F)(F)F)n1. The van der Waals surface area contributed by atoms with E-state index >= 15 is 0 Å². The van der Waals surface area contributed by atoms with Gasteiger partial charge in [0.2, 0.25) is 11.8 Å². The third-order valence-corrected chi connectivity index (χ3v) is 2.82. The van der Waals surface area contributed by atoms with Crippen molar-refractivity contribution in [3.05, 3.63) is 11.8 Å². The Hall–Kier alpha value is -1.53. The number of anilines is 1. The monoisotopic (exact) mass is 305 g/mol. The zero-order valence-corrected chi connectivity index (χ0v) is 12.6. The van der Waals surface area contributed by atoms with Gasteiger partial charge in [0.05, 0.1) is 6.61 Å². The second-order valence-corrected chi connectivity index (χ2v) is 5.04. The van der Waals surface area contributed by atoms with Crippen LogP contribution >= 0.6 is 0 Å². The lowest BCUT2D eigenvalue weighted by Gasteiger charge is -2.14. The highest BCUT2D eigenvalue weighted by Crippen LogP contribution is 2.30. The molecule has 7 heteroatoms. The van der Waals surface area contributed by atoms with E-state index in [1.54, 1.807) is 0 Å². The molecule has 1 heterocycles. The molecule has 120 valence electrons. The van der Waals surface area contributed by atoms with E-state index in [0.717, 1.165) is 25.3 Å². The van der Waals surface area contributed by atoms with Gasteiger partial charge >= 0.3 is 6.18 Å². The Bertz CT molecular complexity index is 438. The molecule has 1 atom stereocenters. The molecule has 1 aromatic rings. The number of ether oxygens (including phenoxy) is 1. The maximum Gasteiger partial charge on any atom is 0.433 e. The highest BCUT2D eigenvalue weighted by molar-refractivity contribution is 5.31. The van der Waals surface area contributed by atoms with Crippen LogP contribution in [0.25, 0.3) is 0 Å². The predicted molar refractivity (Wildman–Crippen MR) is 75.4 cm³/mol. The summed E-state index contributed by atoms with van der Waals surface area (Å²) in [7, 11) is 0. The van der Waals surface area contributed by atoms with Crippen LogP contribution in [0.5, 0.6) is 5.88 Å². The van der Waals surface area contributed by atoms with Crippen LogP contribution in [0.3, 0.4) is 0 Å². The number of rotatable bonds is 8. The van der Waals surface area contributed by atoms with Crippen molar-refractivity contribution < 1.29 is 17.9 Å². The number of aromatic nitrogens is 2. The Morgan fingerprint density at radius 1 is 1.24 bits per heavy atom. The van der Waals surface area contributed by atoms with Crippen LogP contribution in [0.4, 0.5) is 19.1 Å². The summed E-state index contributed by atoms with van der Waals surface area (Å²) >= 11 is 0. The molecular formula is C14H22F3N3O. The quantitative estimate of drug-likeness (QED) is 0.784. The van der Waals surface area contributed by atoms with Gasteiger partial charge in [-0.05, 0) is 18.8 Å². The minimum atomic E-state index is -4.52. The normalized spacial score (nSPS) is 13.0. The predicted octanol–water partition coefficient (Wildman–Crippen LogP) is 4.13. The lowest BCUT2D eigenvalue weighted by Crippen LogP contribution is -2.15. The number of halogens is 3. The summed E-state index contributed by atoms with van der Waals surface area (Å²) in [5.41, 5.74) is -0.991. The number of nitrogens with one attached hydrogen (secondary N) is 1. The first kappa shape index (κ1) is 17.5. The van der Waals surface area contributed by atoms with E-state index < -0.39 is 11.9 Å². The Labute approximate surface area is 123 Å². The van der Waals surface area contributed by atoms with E-state index in [4.69, 9.17) is 4.74 Å². The van der Waals surface area contributed by atoms with E-state index in [-0.39, 0.29) is 17.7 Å². The lowest BCUT2D eigenvalue weighted by molar-refractivity contribution is -0.141. The van der Waals surface area contributed by atoms with Crippen LogP contribution in [0.15, 0.2) is 6.07 Å². The molecule has 1 N–H and O–H groups in total. The van der Waals surface area contributed by atoms with Crippen molar-refractivity contribution >= 4 is 5.95 Å². The van der Waals surface area contributed by atoms with Crippen LogP contribution in [0.2, 0.25) is 0 Å². The van der Waals surface area contributed by atoms with Crippen LogP contribution in [-0.4, -0.2) is 23.1 Å². The number of hydrogen-bond donors (Lipinski definition) is 1. The maximum atomic E-state index is 12.8. The van der Waals surface area contributed by atoms with Crippen LogP contribution in [0, 0.1) is 5.92 Å². The van der Waals surface area contributed by atoms with Crippen molar-refractivity contribution in [1.82, 2.24) is 9.97 Å². The van der Waals surface area contributed by atoms with Crippen LogP contribution in [0.1, 0.15) is 45.7 Å². The highest BCUT2D eigenvalue weighted by Gasteiger charge is 2.34. The zero-order chi connectivity index (χ0) is 15.9. The summed E-state index contributed by atoms with van der Waals surface area (Å²) < 4.78 is 43.8. The van der Waals surface area contributed by atoms with E-state index in [2.05, 4.69) is 22.2 Å². The fourth-order valence-electron chi connectivity index (χ4n) is 1.76. The van der Waals surface area contributed by atoms with Gasteiger partial charge < -0.3 is 10.1 Å². The number of hydrogen-bond acceptors (Lipinski definition) is 4. The third kappa shape index (κ3) is 6.18. The van der Waals surface area contributed by atoms with Crippen LogP contribution < -0.4 is 10.1 Å². The molecule has 0 aliphatic heterocycles. The summed E-state index contributed by atoms with van der Waals surface area (Å²) in [5, 5.41) is 2.76. The largest absolute Gasteiger partial charge is 0.477 e. The van der Waals surface area contributed by atoms with Gasteiger partial charge in [-0.1, -0.05) is 27.2 Å². The molecule has 0 saturated carbocycles. The Kier molecular flexibility index (Phi) is 6.71. The van der Waals surface area contributed by atoms with Gasteiger partial charge in [0.15, 0.2) is 5.69 Å². The molecule has 0 aromatic carbocycles. The molecule has 0 spiro atoms. The van der Waals surface area contributed by atoms with Crippen molar-refractivity contribution in [2.75, 3.05) is 18.5 Å². The van der Waals surface area contributed by atoms with Crippen molar-refractivity contribution in [2.45, 2.75) is 46.2 Å². The highest BCUT2D eigenvalue weighted by atomic mass is 19.4. The average Bonchev–Trinajstić information content (AvgIpc) is 2.42. The molecule has 1 unspecified atom stereocenters. The van der Waals surface area contributed by atoms with Gasteiger partial charge in [0, 0.05) is 12.6 Å². The second kappa shape index (κ2) is 8.05. The maximum absolute atomic E-state index is 12.8. The minimum Gasteiger partial charge on any atom is -0.477 e. The first-order valence-corrected chi connectivity index (χ1v) is 7.19. The summed E-state index contributed by atoms with van der Waals surface area (Å²) in [6, 6.07) is 0.843. The molecule has 0 aliphatic carbocycles. The van der Waals surface area contributed by atoms with Crippen molar-refractivity contribution in [1.29, 1.82) is 0 Å². The molecule has 0 saturated heterocycles. The minimum absolute atomic E-state index is 0.0427. The average molecular weight is 305 g/mol. The van der Waals surface area contributed by atoms with Gasteiger partial charge in [-0.3, -0.25) is 0 Å². The molecule has 0 amide bonds. The Morgan fingerprint density at radius 3 is 2.52 bits per heavy atom. The summed E-state index contributed by atoms with van der Waals surface area (Å²) in [6.45, 7) is 6.80. The van der Waals surface area contributed by atoms with Gasteiger partial charge in [-0.2, -0.15) is 18.2 Å². The fraction of sp³-hybridized carbons (Fsp3) is 0.714. The van der Waals surface area contributed by atoms with Gasteiger partial charge in [-0.15, -0.1) is 0 Å². The van der Waals surface area contributed by atoms with E-state index in [9.17, 15) is 13.2 Å². The van der Waals surface area contributed by atoms with Crippen molar-refractivity contribution in [3.63, 3.8) is 0 Å². The van der Waals surface area contributed by atoms with Gasteiger partial charge in [0.25, 0.3) is 0 Å². The molecule has 0 fully saturated rings. The first-order chi connectivity index (χ1) is 9.86. The van der Waals surface area contributed by atoms with E-state index in [0.29, 0.717) is 13.2 Å². The lowest BCUT2D eigenvalue weighted by atomic mass is 10.1. The number of nitrogens with zero attached hydrogens (tertiary/aromatic N) is 2. The van der Waals surface area contributed by atoms with E-state index in [1.807, 2.05) is 13.8 Å². The zero-order valence-electron chi connectivity index (χ0n) is 12.6. The van der Waals surface area contributed by atoms with Gasteiger partial charge in [-0.25, -0.2) is 4.98 Å². The Morgan fingerprint density at radius 2 is 1.95 bits per heavy atom. The van der Waals surface area contributed by atoms with Crippen molar-refractivity contribution in [2.24, 2.45) is 5.92 Å². The Balaban J connectivity index is 2.85. The molecule has 0 bridgehead atoms. The second-order valence-electron chi connectivity index (χ2n) is 5.04. The molecule has 0 aliphatic rings. The summed E-state index contributed by atoms with van der Waals surface area (Å²) in [6.07, 6.45) is -1.79. The van der Waals surface area contributed by atoms with E-state index in [1.165, 1.54) is 0 Å².